The highest BCUT2D eigenvalue weighted by molar-refractivity contribution is 5.69. The van der Waals surface area contributed by atoms with E-state index >= 15 is 0 Å². The first-order valence-corrected chi connectivity index (χ1v) is 6.65. The van der Waals surface area contributed by atoms with E-state index in [9.17, 15) is 4.79 Å². The molecule has 1 atom stereocenters. The molecule has 4 nitrogen and oxygen atoms in total. The third-order valence-corrected chi connectivity index (χ3v) is 2.71. The van der Waals surface area contributed by atoms with Gasteiger partial charge in [-0.2, -0.15) is 0 Å². The molecule has 4 heteroatoms. The molecule has 102 valence electrons. The maximum absolute atomic E-state index is 11.5. The largest absolute Gasteiger partial charge is 0.462 e. The molecule has 1 aromatic heterocycles. The van der Waals surface area contributed by atoms with Crippen molar-refractivity contribution in [1.29, 1.82) is 0 Å². The summed E-state index contributed by atoms with van der Waals surface area (Å²) in [6, 6.07) is 2.41. The van der Waals surface area contributed by atoms with Crippen LogP contribution in [0.3, 0.4) is 0 Å². The zero-order valence-electron chi connectivity index (χ0n) is 11.8. The Morgan fingerprint density at radius 1 is 1.44 bits per heavy atom. The predicted molar refractivity (Wildman–Crippen MR) is 72.4 cm³/mol. The lowest BCUT2D eigenvalue weighted by atomic mass is 10.1. The molecule has 0 aliphatic rings. The van der Waals surface area contributed by atoms with Crippen LogP contribution in [0, 0.1) is 0 Å². The molecule has 0 aromatic carbocycles. The van der Waals surface area contributed by atoms with E-state index in [0.29, 0.717) is 6.04 Å². The lowest BCUT2D eigenvalue weighted by Gasteiger charge is -2.14. The zero-order valence-corrected chi connectivity index (χ0v) is 11.8. The van der Waals surface area contributed by atoms with E-state index in [1.54, 1.807) is 0 Å². The first-order chi connectivity index (χ1) is 8.56. The number of hydrogen-bond donors (Lipinski definition) is 1. The van der Waals surface area contributed by atoms with Gasteiger partial charge >= 0.3 is 5.97 Å². The summed E-state index contributed by atoms with van der Waals surface area (Å²) in [5.74, 6) is -0.191. The quantitative estimate of drug-likeness (QED) is 0.758. The zero-order chi connectivity index (χ0) is 13.5. The van der Waals surface area contributed by atoms with Gasteiger partial charge in [0.1, 0.15) is 6.54 Å². The highest BCUT2D eigenvalue weighted by Crippen LogP contribution is 2.16. The molecular formula is C14H24N2O2. The Morgan fingerprint density at radius 2 is 2.17 bits per heavy atom. The fraction of sp³-hybridized carbons (Fsp3) is 0.643. The predicted octanol–water partition coefficient (Wildman–Crippen LogP) is 2.50. The average molecular weight is 252 g/mol. The van der Waals surface area contributed by atoms with Gasteiger partial charge in [-0.1, -0.05) is 13.8 Å². The number of ether oxygens (including phenoxy) is 1. The molecule has 0 bridgehead atoms. The number of nitrogens with one attached hydrogen (secondary N) is 1. The molecular weight excluding hydrogens is 228 g/mol. The number of hydrogen-bond acceptors (Lipinski definition) is 3. The molecule has 1 aromatic rings. The lowest BCUT2D eigenvalue weighted by molar-refractivity contribution is -0.148. The Labute approximate surface area is 109 Å². The first kappa shape index (κ1) is 14.8. The number of aromatic nitrogens is 1. The normalized spacial score (nSPS) is 12.7. The van der Waals surface area contributed by atoms with Crippen molar-refractivity contribution in [1.82, 2.24) is 9.88 Å². The van der Waals surface area contributed by atoms with Crippen LogP contribution in [-0.2, 0) is 16.1 Å². The molecule has 0 radical (unpaired) electrons. The molecule has 1 N–H and O–H groups in total. The highest BCUT2D eigenvalue weighted by Gasteiger charge is 2.11. The van der Waals surface area contributed by atoms with Crippen LogP contribution < -0.4 is 5.32 Å². The minimum atomic E-state index is -0.191. The Morgan fingerprint density at radius 3 is 2.72 bits per heavy atom. The summed E-state index contributed by atoms with van der Waals surface area (Å²) in [4.78, 5) is 11.5. The molecule has 1 unspecified atom stereocenters. The van der Waals surface area contributed by atoms with Crippen molar-refractivity contribution in [3.8, 4) is 0 Å². The topological polar surface area (TPSA) is 43.3 Å². The van der Waals surface area contributed by atoms with Crippen molar-refractivity contribution in [2.24, 2.45) is 0 Å². The SMILES string of the molecule is CCNC(CC)c1ccn(CC(=O)OC(C)C)c1. The number of rotatable bonds is 7. The molecule has 18 heavy (non-hydrogen) atoms. The van der Waals surface area contributed by atoms with Crippen LogP contribution in [0.5, 0.6) is 0 Å². The van der Waals surface area contributed by atoms with Gasteiger partial charge < -0.3 is 14.6 Å². The standard InChI is InChI=1S/C14H24N2O2/c1-5-13(15-6-2)12-7-8-16(9-12)10-14(17)18-11(3)4/h7-9,11,13,15H,5-6,10H2,1-4H3. The number of carbonyl (C=O) groups excluding carboxylic acids is 1. The van der Waals surface area contributed by atoms with Crippen LogP contribution in [0.15, 0.2) is 18.5 Å². The van der Waals surface area contributed by atoms with Crippen LogP contribution in [0.4, 0.5) is 0 Å². The average Bonchev–Trinajstić information content (AvgIpc) is 2.72. The van der Waals surface area contributed by atoms with E-state index < -0.39 is 0 Å². The summed E-state index contributed by atoms with van der Waals surface area (Å²) in [6.45, 7) is 9.19. The second-order valence-electron chi connectivity index (χ2n) is 4.67. The van der Waals surface area contributed by atoms with E-state index in [0.717, 1.165) is 13.0 Å². The molecule has 0 spiro atoms. The summed E-state index contributed by atoms with van der Waals surface area (Å²) < 4.78 is 7.00. The van der Waals surface area contributed by atoms with Crippen LogP contribution in [-0.4, -0.2) is 23.2 Å². The van der Waals surface area contributed by atoms with Gasteiger partial charge in [0.25, 0.3) is 0 Å². The third kappa shape index (κ3) is 4.53. The smallest absolute Gasteiger partial charge is 0.326 e. The second kappa shape index (κ2) is 7.21. The van der Waals surface area contributed by atoms with Gasteiger partial charge in [0.2, 0.25) is 0 Å². The summed E-state index contributed by atoms with van der Waals surface area (Å²) in [7, 11) is 0. The molecule has 0 saturated carbocycles. The number of carbonyl (C=O) groups is 1. The molecule has 0 aliphatic carbocycles. The van der Waals surface area contributed by atoms with Gasteiger partial charge in [-0.05, 0) is 38.4 Å². The summed E-state index contributed by atoms with van der Waals surface area (Å²) in [6.07, 6.45) is 4.92. The Kier molecular flexibility index (Phi) is 5.92. The molecule has 1 heterocycles. The molecule has 0 aliphatic heterocycles. The maximum Gasteiger partial charge on any atom is 0.326 e. The van der Waals surface area contributed by atoms with E-state index in [1.807, 2.05) is 30.8 Å². The van der Waals surface area contributed by atoms with Crippen molar-refractivity contribution in [2.75, 3.05) is 6.54 Å². The second-order valence-corrected chi connectivity index (χ2v) is 4.67. The Balaban J connectivity index is 2.59. The van der Waals surface area contributed by atoms with E-state index in [4.69, 9.17) is 4.74 Å². The van der Waals surface area contributed by atoms with Crippen molar-refractivity contribution < 1.29 is 9.53 Å². The van der Waals surface area contributed by atoms with E-state index in [2.05, 4.69) is 25.2 Å². The van der Waals surface area contributed by atoms with E-state index in [-0.39, 0.29) is 18.6 Å². The number of esters is 1. The van der Waals surface area contributed by atoms with Gasteiger partial charge in [0, 0.05) is 18.4 Å². The van der Waals surface area contributed by atoms with Gasteiger partial charge in [0.05, 0.1) is 6.10 Å². The van der Waals surface area contributed by atoms with Crippen LogP contribution in [0.1, 0.15) is 45.7 Å². The molecule has 0 saturated heterocycles. The van der Waals surface area contributed by atoms with Crippen molar-refractivity contribution in [3.63, 3.8) is 0 Å². The highest BCUT2D eigenvalue weighted by atomic mass is 16.5. The minimum Gasteiger partial charge on any atom is -0.462 e. The summed E-state index contributed by atoms with van der Waals surface area (Å²) in [5, 5.41) is 3.42. The third-order valence-electron chi connectivity index (χ3n) is 2.71. The summed E-state index contributed by atoms with van der Waals surface area (Å²) in [5.41, 5.74) is 1.22. The molecule has 0 amide bonds. The van der Waals surface area contributed by atoms with Crippen LogP contribution >= 0.6 is 0 Å². The fourth-order valence-corrected chi connectivity index (χ4v) is 1.96. The molecule has 1 rings (SSSR count). The fourth-order valence-electron chi connectivity index (χ4n) is 1.96. The van der Waals surface area contributed by atoms with Crippen LogP contribution in [0.25, 0.3) is 0 Å². The van der Waals surface area contributed by atoms with Gasteiger partial charge in [-0.15, -0.1) is 0 Å². The minimum absolute atomic E-state index is 0.0577. The van der Waals surface area contributed by atoms with Crippen molar-refractivity contribution in [2.45, 2.75) is 52.8 Å². The number of nitrogens with zero attached hydrogens (tertiary/aromatic N) is 1. The van der Waals surface area contributed by atoms with E-state index in [1.165, 1.54) is 5.56 Å². The Bertz CT molecular complexity index is 372. The van der Waals surface area contributed by atoms with Gasteiger partial charge in [-0.3, -0.25) is 4.79 Å². The van der Waals surface area contributed by atoms with Gasteiger partial charge in [0.15, 0.2) is 0 Å². The first-order valence-electron chi connectivity index (χ1n) is 6.65. The van der Waals surface area contributed by atoms with Crippen molar-refractivity contribution in [3.05, 3.63) is 24.0 Å². The monoisotopic (exact) mass is 252 g/mol. The summed E-state index contributed by atoms with van der Waals surface area (Å²) >= 11 is 0. The van der Waals surface area contributed by atoms with Crippen molar-refractivity contribution >= 4 is 5.97 Å². The van der Waals surface area contributed by atoms with Crippen LogP contribution in [0.2, 0.25) is 0 Å². The lowest BCUT2D eigenvalue weighted by Crippen LogP contribution is -2.20. The van der Waals surface area contributed by atoms with Gasteiger partial charge in [-0.25, -0.2) is 0 Å². The maximum atomic E-state index is 11.5. The molecule has 0 fully saturated rings. The Hall–Kier alpha value is -1.29.